The molecule has 0 aliphatic carbocycles. The zero-order valence-corrected chi connectivity index (χ0v) is 15.5. The van der Waals surface area contributed by atoms with Gasteiger partial charge >= 0.3 is 0 Å². The second-order valence-electron chi connectivity index (χ2n) is 5.91. The van der Waals surface area contributed by atoms with Crippen LogP contribution in [-0.4, -0.2) is 17.6 Å². The molecule has 0 spiro atoms. The largest absolute Gasteiger partial charge is 0.272 e. The minimum atomic E-state index is -0.442. The summed E-state index contributed by atoms with van der Waals surface area (Å²) in [5.41, 5.74) is 6.72. The first kappa shape index (κ1) is 19.7. The molecule has 2 N–H and O–H groups in total. The lowest BCUT2D eigenvalue weighted by atomic mass is 10.0. The maximum Gasteiger partial charge on any atom is 0.262 e. The van der Waals surface area contributed by atoms with Crippen molar-refractivity contribution in [3.8, 4) is 0 Å². The summed E-state index contributed by atoms with van der Waals surface area (Å²) < 4.78 is 13.5. The highest BCUT2D eigenvalue weighted by Gasteiger charge is 2.06. The number of carbonyl (C=O) groups is 2. The third-order valence-electron chi connectivity index (χ3n) is 3.55. The molecule has 6 heteroatoms. The zero-order chi connectivity index (χ0) is 18.9. The number of rotatable bonds is 6. The SMILES string of the molecule is CC(C)c1ccc(/C=C/C(=O)NNC(=O)CSc2ccccc2F)cc1. The monoisotopic (exact) mass is 372 g/mol. The molecule has 0 saturated heterocycles. The lowest BCUT2D eigenvalue weighted by Crippen LogP contribution is -2.41. The van der Waals surface area contributed by atoms with E-state index in [1.54, 1.807) is 24.3 Å². The summed E-state index contributed by atoms with van der Waals surface area (Å²) in [5.74, 6) is -0.778. The standard InChI is InChI=1S/C20H21FN2O2S/c1-14(2)16-10-7-15(8-11-16)9-12-19(24)22-23-20(25)13-26-18-6-4-3-5-17(18)21/h3-12,14H,13H2,1-2H3,(H,22,24)(H,23,25)/b12-9+. The molecule has 2 aromatic carbocycles. The summed E-state index contributed by atoms with van der Waals surface area (Å²) in [6.45, 7) is 4.23. The molecular weight excluding hydrogens is 351 g/mol. The summed E-state index contributed by atoms with van der Waals surface area (Å²) in [6, 6.07) is 14.1. The highest BCUT2D eigenvalue weighted by molar-refractivity contribution is 8.00. The molecule has 2 rings (SSSR count). The molecule has 0 unspecified atom stereocenters. The summed E-state index contributed by atoms with van der Waals surface area (Å²) in [6.07, 6.45) is 3.01. The Morgan fingerprint density at radius 3 is 2.42 bits per heavy atom. The van der Waals surface area contributed by atoms with Crippen LogP contribution >= 0.6 is 11.8 Å². The Labute approximate surface area is 156 Å². The van der Waals surface area contributed by atoms with E-state index >= 15 is 0 Å². The quantitative estimate of drug-likeness (QED) is 0.459. The topological polar surface area (TPSA) is 58.2 Å². The van der Waals surface area contributed by atoms with E-state index in [-0.39, 0.29) is 11.6 Å². The number of thioether (sulfide) groups is 1. The summed E-state index contributed by atoms with van der Waals surface area (Å²) in [5, 5.41) is 0. The Hall–Kier alpha value is -2.60. The number of hydrogen-bond acceptors (Lipinski definition) is 3. The number of hydrogen-bond donors (Lipinski definition) is 2. The normalized spacial score (nSPS) is 10.9. The van der Waals surface area contributed by atoms with Crippen molar-refractivity contribution in [3.63, 3.8) is 0 Å². The smallest absolute Gasteiger partial charge is 0.262 e. The van der Waals surface area contributed by atoms with Gasteiger partial charge in [-0.05, 0) is 35.3 Å². The van der Waals surface area contributed by atoms with Gasteiger partial charge in [0.25, 0.3) is 5.91 Å². The zero-order valence-electron chi connectivity index (χ0n) is 14.7. The second kappa shape index (κ2) is 9.77. The molecule has 0 fully saturated rings. The fourth-order valence-corrected chi connectivity index (χ4v) is 2.82. The molecule has 0 bridgehead atoms. The van der Waals surface area contributed by atoms with Gasteiger partial charge in [-0.25, -0.2) is 4.39 Å². The van der Waals surface area contributed by atoms with Crippen LogP contribution in [0.25, 0.3) is 6.08 Å². The fourth-order valence-electron chi connectivity index (χ4n) is 2.08. The highest BCUT2D eigenvalue weighted by Crippen LogP contribution is 2.20. The molecule has 0 radical (unpaired) electrons. The molecule has 0 aliphatic heterocycles. The minimum absolute atomic E-state index is 0.00158. The fraction of sp³-hybridized carbons (Fsp3) is 0.200. The van der Waals surface area contributed by atoms with Crippen molar-refractivity contribution in [1.82, 2.24) is 10.9 Å². The number of nitrogens with one attached hydrogen (secondary N) is 2. The molecule has 0 aromatic heterocycles. The molecule has 2 aromatic rings. The molecule has 0 atom stereocenters. The van der Waals surface area contributed by atoms with Crippen LogP contribution in [-0.2, 0) is 9.59 Å². The van der Waals surface area contributed by atoms with Crippen LogP contribution in [0.5, 0.6) is 0 Å². The maximum absolute atomic E-state index is 13.5. The van der Waals surface area contributed by atoms with Gasteiger partial charge in [-0.2, -0.15) is 0 Å². The van der Waals surface area contributed by atoms with E-state index in [4.69, 9.17) is 0 Å². The third-order valence-corrected chi connectivity index (χ3v) is 4.60. The van der Waals surface area contributed by atoms with E-state index < -0.39 is 11.8 Å². The molecule has 136 valence electrons. The van der Waals surface area contributed by atoms with Crippen LogP contribution in [0.1, 0.15) is 30.9 Å². The van der Waals surface area contributed by atoms with Crippen LogP contribution in [0, 0.1) is 5.82 Å². The first-order valence-electron chi connectivity index (χ1n) is 8.20. The van der Waals surface area contributed by atoms with Gasteiger partial charge in [0, 0.05) is 11.0 Å². The average molecular weight is 372 g/mol. The molecule has 0 heterocycles. The van der Waals surface area contributed by atoms with Crippen LogP contribution in [0.3, 0.4) is 0 Å². The third kappa shape index (κ3) is 6.37. The van der Waals surface area contributed by atoms with Gasteiger partial charge < -0.3 is 0 Å². The van der Waals surface area contributed by atoms with E-state index in [1.807, 2.05) is 24.3 Å². The number of carbonyl (C=O) groups excluding carboxylic acids is 2. The van der Waals surface area contributed by atoms with Crippen molar-refractivity contribution in [2.45, 2.75) is 24.7 Å². The Morgan fingerprint density at radius 1 is 1.08 bits per heavy atom. The van der Waals surface area contributed by atoms with E-state index in [1.165, 1.54) is 17.7 Å². The predicted octanol–water partition coefficient (Wildman–Crippen LogP) is 3.90. The van der Waals surface area contributed by atoms with Gasteiger partial charge in [0.2, 0.25) is 5.91 Å². The van der Waals surface area contributed by atoms with Crippen molar-refractivity contribution in [2.24, 2.45) is 0 Å². The van der Waals surface area contributed by atoms with Gasteiger partial charge in [-0.3, -0.25) is 20.4 Å². The van der Waals surface area contributed by atoms with Crippen molar-refractivity contribution in [3.05, 3.63) is 71.6 Å². The van der Waals surface area contributed by atoms with Crippen molar-refractivity contribution in [1.29, 1.82) is 0 Å². The maximum atomic E-state index is 13.5. The number of hydrazine groups is 1. The van der Waals surface area contributed by atoms with Crippen molar-refractivity contribution >= 4 is 29.7 Å². The van der Waals surface area contributed by atoms with Gasteiger partial charge in [0.1, 0.15) is 5.82 Å². The Balaban J connectivity index is 1.75. The van der Waals surface area contributed by atoms with Gasteiger partial charge in [-0.1, -0.05) is 50.2 Å². The Kier molecular flexibility index (Phi) is 7.41. The molecular formula is C20H21FN2O2S. The number of benzene rings is 2. The van der Waals surface area contributed by atoms with Crippen molar-refractivity contribution < 1.29 is 14.0 Å². The first-order valence-corrected chi connectivity index (χ1v) is 9.18. The van der Waals surface area contributed by atoms with Gasteiger partial charge in [0.05, 0.1) is 5.75 Å². The molecule has 0 aliphatic rings. The minimum Gasteiger partial charge on any atom is -0.272 e. The van der Waals surface area contributed by atoms with E-state index in [9.17, 15) is 14.0 Å². The van der Waals surface area contributed by atoms with Crippen LogP contribution in [0.4, 0.5) is 4.39 Å². The van der Waals surface area contributed by atoms with E-state index in [0.29, 0.717) is 10.8 Å². The van der Waals surface area contributed by atoms with Crippen LogP contribution in [0.2, 0.25) is 0 Å². The lowest BCUT2D eigenvalue weighted by molar-refractivity contribution is -0.125. The van der Waals surface area contributed by atoms with E-state index in [0.717, 1.165) is 17.3 Å². The van der Waals surface area contributed by atoms with Crippen molar-refractivity contribution in [2.75, 3.05) is 5.75 Å². The van der Waals surface area contributed by atoms with Gasteiger partial charge in [0.15, 0.2) is 0 Å². The lowest BCUT2D eigenvalue weighted by Gasteiger charge is -2.06. The second-order valence-corrected chi connectivity index (χ2v) is 6.93. The Bertz CT molecular complexity index is 789. The average Bonchev–Trinajstić information content (AvgIpc) is 2.64. The molecule has 0 saturated carbocycles. The molecule has 26 heavy (non-hydrogen) atoms. The van der Waals surface area contributed by atoms with Gasteiger partial charge in [-0.15, -0.1) is 11.8 Å². The number of halogens is 1. The van der Waals surface area contributed by atoms with Crippen LogP contribution in [0.15, 0.2) is 59.5 Å². The first-order chi connectivity index (χ1) is 12.5. The van der Waals surface area contributed by atoms with E-state index in [2.05, 4.69) is 24.7 Å². The molecule has 2 amide bonds. The predicted molar refractivity (Wildman–Crippen MR) is 103 cm³/mol. The summed E-state index contributed by atoms with van der Waals surface area (Å²) >= 11 is 1.06. The molecule has 4 nitrogen and oxygen atoms in total. The highest BCUT2D eigenvalue weighted by atomic mass is 32.2. The van der Waals surface area contributed by atoms with Crippen LogP contribution < -0.4 is 10.9 Å². The summed E-state index contributed by atoms with van der Waals surface area (Å²) in [4.78, 5) is 23.8. The Morgan fingerprint density at radius 2 is 1.77 bits per heavy atom. The summed E-state index contributed by atoms with van der Waals surface area (Å²) in [7, 11) is 0. The number of amides is 2.